The van der Waals surface area contributed by atoms with Crippen molar-refractivity contribution < 1.29 is 33.4 Å². The second-order valence-corrected chi connectivity index (χ2v) is 18.2. The van der Waals surface area contributed by atoms with Gasteiger partial charge < -0.3 is 29.8 Å². The van der Waals surface area contributed by atoms with Crippen LogP contribution in [0.4, 0.5) is 8.78 Å². The zero-order valence-corrected chi connectivity index (χ0v) is 37.2. The molecule has 0 aliphatic carbocycles. The summed E-state index contributed by atoms with van der Waals surface area (Å²) in [4.78, 5) is 54.7. The number of phenolic OH excluding ortho intramolecular Hbond substituents is 2. The Hall–Kier alpha value is -4.81. The van der Waals surface area contributed by atoms with Crippen LogP contribution in [-0.4, -0.2) is 128 Å². The summed E-state index contributed by atoms with van der Waals surface area (Å²) in [6, 6.07) is 22.0. The Morgan fingerprint density at radius 3 is 1.26 bits per heavy atom. The molecule has 11 heteroatoms. The lowest BCUT2D eigenvalue weighted by atomic mass is 9.62. The SMILES string of the molecule is Cc1c(F)cccc1C1C(C(=O)c2ccc(O)cc2)CN(CCCCN(C)C)CC1C(=O)C1CN(CCCCN(C)C)CC(C(=O)c2ccc(O)cc2)C1c1cccc(F)c1C. The first-order chi connectivity index (χ1) is 29.6. The van der Waals surface area contributed by atoms with Crippen molar-refractivity contribution in [2.45, 2.75) is 51.4 Å². The molecule has 62 heavy (non-hydrogen) atoms. The number of aromatic hydroxyl groups is 2. The van der Waals surface area contributed by atoms with Crippen LogP contribution in [0.2, 0.25) is 0 Å². The van der Waals surface area contributed by atoms with Crippen molar-refractivity contribution in [3.63, 3.8) is 0 Å². The van der Waals surface area contributed by atoms with E-state index in [2.05, 4.69) is 19.6 Å². The number of hydrogen-bond acceptors (Lipinski definition) is 9. The van der Waals surface area contributed by atoms with Gasteiger partial charge in [0.15, 0.2) is 11.6 Å². The van der Waals surface area contributed by atoms with Crippen LogP contribution < -0.4 is 0 Å². The van der Waals surface area contributed by atoms with E-state index in [4.69, 9.17) is 0 Å². The van der Waals surface area contributed by atoms with E-state index in [0.717, 1.165) is 38.8 Å². The van der Waals surface area contributed by atoms with Gasteiger partial charge in [-0.1, -0.05) is 24.3 Å². The van der Waals surface area contributed by atoms with E-state index in [1.807, 2.05) is 40.3 Å². The van der Waals surface area contributed by atoms with Crippen LogP contribution in [0.5, 0.6) is 11.5 Å². The summed E-state index contributed by atoms with van der Waals surface area (Å²) in [6.45, 7) is 7.80. The van der Waals surface area contributed by atoms with Gasteiger partial charge in [0, 0.05) is 72.8 Å². The standard InChI is InChI=1S/C51H64F2N4O5/c1-33-39(13-11-15-45(33)52)47-41(49(60)35-17-21-37(58)22-18-35)29-56(27-9-7-25-54(3)4)31-43(47)51(62)44-32-57(28-10-8-26-55(5)6)30-42(50(61)36-19-23-38(59)24-20-36)48(44)40-14-12-16-46(53)34(40)2/h11-24,41-44,47-48,58-59H,7-10,25-32H2,1-6H3. The Balaban J connectivity index is 1.51. The maximum atomic E-state index is 16.2. The third-order valence-corrected chi connectivity index (χ3v) is 13.3. The summed E-state index contributed by atoms with van der Waals surface area (Å²) in [7, 11) is 8.11. The second-order valence-electron chi connectivity index (χ2n) is 18.2. The van der Waals surface area contributed by atoms with Crippen LogP contribution in [0.3, 0.4) is 0 Å². The van der Waals surface area contributed by atoms with Gasteiger partial charge in [0.1, 0.15) is 28.9 Å². The molecule has 332 valence electrons. The zero-order valence-electron chi connectivity index (χ0n) is 37.2. The van der Waals surface area contributed by atoms with Crippen LogP contribution in [0.25, 0.3) is 0 Å². The highest BCUT2D eigenvalue weighted by Crippen LogP contribution is 2.47. The molecule has 2 fully saturated rings. The number of unbranched alkanes of at least 4 members (excludes halogenated alkanes) is 2. The molecule has 0 amide bonds. The minimum Gasteiger partial charge on any atom is -0.508 e. The third-order valence-electron chi connectivity index (χ3n) is 13.3. The highest BCUT2D eigenvalue weighted by Gasteiger charge is 2.51. The molecule has 0 saturated carbocycles. The molecule has 0 bridgehead atoms. The molecule has 2 N–H and O–H groups in total. The lowest BCUT2D eigenvalue weighted by molar-refractivity contribution is -0.133. The van der Waals surface area contributed by atoms with E-state index in [0.29, 0.717) is 72.6 Å². The molecule has 4 aromatic carbocycles. The molecular formula is C51H64F2N4O5. The van der Waals surface area contributed by atoms with Crippen molar-refractivity contribution in [1.82, 2.24) is 19.6 Å². The van der Waals surface area contributed by atoms with Crippen molar-refractivity contribution in [2.24, 2.45) is 23.7 Å². The van der Waals surface area contributed by atoms with Crippen LogP contribution in [0.1, 0.15) is 80.5 Å². The Morgan fingerprint density at radius 1 is 0.548 bits per heavy atom. The number of ketones is 3. The number of piperidine rings is 2. The molecule has 4 aromatic rings. The number of likely N-dealkylation sites (tertiary alicyclic amines) is 2. The summed E-state index contributed by atoms with van der Waals surface area (Å²) in [6.07, 6.45) is 3.50. The van der Waals surface area contributed by atoms with Gasteiger partial charge in [-0.3, -0.25) is 14.4 Å². The molecule has 0 radical (unpaired) electrons. The molecule has 9 nitrogen and oxygen atoms in total. The van der Waals surface area contributed by atoms with Gasteiger partial charge in [-0.05, 0) is 177 Å². The number of benzene rings is 4. The average molecular weight is 851 g/mol. The summed E-state index contributed by atoms with van der Waals surface area (Å²) in [5, 5.41) is 20.3. The predicted molar refractivity (Wildman–Crippen MR) is 240 cm³/mol. The molecule has 2 saturated heterocycles. The van der Waals surface area contributed by atoms with Gasteiger partial charge in [0.25, 0.3) is 0 Å². The Labute approximate surface area is 366 Å². The Morgan fingerprint density at radius 2 is 0.903 bits per heavy atom. The second kappa shape index (κ2) is 21.0. The van der Waals surface area contributed by atoms with E-state index in [-0.39, 0.29) is 28.8 Å². The minimum atomic E-state index is -0.788. The van der Waals surface area contributed by atoms with Gasteiger partial charge in [0.05, 0.1) is 0 Å². The molecule has 2 aliphatic heterocycles. The molecular weight excluding hydrogens is 787 g/mol. The number of rotatable bonds is 18. The van der Waals surface area contributed by atoms with Crippen LogP contribution in [-0.2, 0) is 4.79 Å². The lowest BCUT2D eigenvalue weighted by Crippen LogP contribution is -2.56. The molecule has 0 aromatic heterocycles. The highest BCUT2D eigenvalue weighted by molar-refractivity contribution is 6.01. The number of carbonyl (C=O) groups excluding carboxylic acids is 3. The van der Waals surface area contributed by atoms with Gasteiger partial charge in [-0.15, -0.1) is 0 Å². The molecule has 0 spiro atoms. The fourth-order valence-electron chi connectivity index (χ4n) is 9.99. The Kier molecular flexibility index (Phi) is 15.8. The molecule has 2 heterocycles. The molecule has 6 rings (SSSR count). The van der Waals surface area contributed by atoms with Crippen molar-refractivity contribution in [2.75, 3.05) is 80.5 Å². The number of carbonyl (C=O) groups is 3. The Bertz CT molecular complexity index is 2010. The normalized spacial score (nSPS) is 22.3. The van der Waals surface area contributed by atoms with E-state index >= 15 is 13.6 Å². The van der Waals surface area contributed by atoms with Crippen molar-refractivity contribution in [3.05, 3.63) is 130 Å². The monoisotopic (exact) mass is 850 g/mol. The maximum Gasteiger partial charge on any atom is 0.167 e. The lowest BCUT2D eigenvalue weighted by Gasteiger charge is -2.48. The van der Waals surface area contributed by atoms with Gasteiger partial charge in [-0.2, -0.15) is 0 Å². The van der Waals surface area contributed by atoms with Crippen molar-refractivity contribution in [1.29, 1.82) is 0 Å². The average Bonchev–Trinajstić information content (AvgIpc) is 3.25. The fraction of sp³-hybridized carbons (Fsp3) is 0.471. The third kappa shape index (κ3) is 11.0. The van der Waals surface area contributed by atoms with E-state index in [1.54, 1.807) is 50.2 Å². The highest BCUT2D eigenvalue weighted by atomic mass is 19.1. The molecule has 6 unspecified atom stereocenters. The quantitative estimate of drug-likeness (QED) is 0.0763. The topological polar surface area (TPSA) is 105 Å². The first kappa shape index (κ1) is 46.7. The van der Waals surface area contributed by atoms with Gasteiger partial charge in [0.2, 0.25) is 0 Å². The zero-order chi connectivity index (χ0) is 44.7. The van der Waals surface area contributed by atoms with E-state index < -0.39 is 47.1 Å². The van der Waals surface area contributed by atoms with Crippen LogP contribution >= 0.6 is 0 Å². The summed E-state index contributed by atoms with van der Waals surface area (Å²) in [5.74, 6) is -5.82. The van der Waals surface area contributed by atoms with Gasteiger partial charge in [-0.25, -0.2) is 8.78 Å². The number of phenols is 2. The summed E-state index contributed by atoms with van der Waals surface area (Å²) < 4.78 is 31.4. The first-order valence-electron chi connectivity index (χ1n) is 22.1. The first-order valence-corrected chi connectivity index (χ1v) is 22.1. The number of hydrogen-bond donors (Lipinski definition) is 2. The fourth-order valence-corrected chi connectivity index (χ4v) is 9.99. The molecule has 2 aliphatic rings. The number of nitrogens with zero attached hydrogens (tertiary/aromatic N) is 4. The van der Waals surface area contributed by atoms with Crippen molar-refractivity contribution >= 4 is 17.3 Å². The minimum absolute atomic E-state index is 0.0250. The van der Waals surface area contributed by atoms with Gasteiger partial charge >= 0.3 is 0 Å². The van der Waals surface area contributed by atoms with Crippen LogP contribution in [0.15, 0.2) is 84.9 Å². The summed E-state index contributed by atoms with van der Waals surface area (Å²) >= 11 is 0. The van der Waals surface area contributed by atoms with Crippen molar-refractivity contribution in [3.8, 4) is 11.5 Å². The number of halogens is 2. The van der Waals surface area contributed by atoms with Crippen LogP contribution in [0, 0.1) is 49.2 Å². The number of Topliss-reactive ketones (excluding diaryl/α,β-unsaturated/α-hetero) is 3. The molecule has 6 atom stereocenters. The predicted octanol–water partition coefficient (Wildman–Crippen LogP) is 7.97. The summed E-state index contributed by atoms with van der Waals surface area (Å²) in [5.41, 5.74) is 2.73. The largest absolute Gasteiger partial charge is 0.508 e. The van der Waals surface area contributed by atoms with E-state index in [9.17, 15) is 19.8 Å². The van der Waals surface area contributed by atoms with E-state index in [1.165, 1.54) is 36.4 Å². The maximum absolute atomic E-state index is 16.2. The smallest absolute Gasteiger partial charge is 0.167 e.